The molecule has 0 atom stereocenters. The largest absolute Gasteiger partial charge is 0.350 e. The van der Waals surface area contributed by atoms with Crippen LogP contribution in [0.25, 0.3) is 0 Å². The van der Waals surface area contributed by atoms with Crippen LogP contribution in [0.3, 0.4) is 0 Å². The summed E-state index contributed by atoms with van der Waals surface area (Å²) in [6.45, 7) is 5.15. The molecule has 1 rings (SSSR count). The molecule has 0 heterocycles. The Hall–Kier alpha value is -1.49. The Labute approximate surface area is 99.0 Å². The molecule has 0 radical (unpaired) electrons. The molecule has 3 N–H and O–H groups in total. The maximum atomic E-state index is 13.4. The second-order valence-corrected chi connectivity index (χ2v) is 4.75. The lowest BCUT2D eigenvalue weighted by Gasteiger charge is -2.19. The first kappa shape index (κ1) is 13.6. The molecule has 0 saturated heterocycles. The summed E-state index contributed by atoms with van der Waals surface area (Å²) in [5, 5.41) is 2.50. The Balaban J connectivity index is 2.86. The maximum Gasteiger partial charge on any atom is 0.254 e. The zero-order valence-electron chi connectivity index (χ0n) is 10.1. The van der Waals surface area contributed by atoms with Gasteiger partial charge in [-0.3, -0.25) is 4.79 Å². The number of hydrogen-bond acceptors (Lipinski definition) is 2. The number of amides is 1. The monoisotopic (exact) mass is 242 g/mol. The quantitative estimate of drug-likeness (QED) is 0.848. The van der Waals surface area contributed by atoms with E-state index in [2.05, 4.69) is 5.32 Å². The number of hydrogen-bond donors (Lipinski definition) is 2. The van der Waals surface area contributed by atoms with E-state index in [0.717, 1.165) is 0 Å². The second kappa shape index (κ2) is 4.79. The predicted octanol–water partition coefficient (Wildman–Crippen LogP) is 1.74. The lowest BCUT2D eigenvalue weighted by Crippen LogP contribution is -2.45. The minimum absolute atomic E-state index is 0.173. The minimum Gasteiger partial charge on any atom is -0.350 e. The van der Waals surface area contributed by atoms with Gasteiger partial charge < -0.3 is 11.1 Å². The van der Waals surface area contributed by atoms with Crippen LogP contribution in [0.1, 0.15) is 29.8 Å². The molecule has 94 valence electrons. The van der Waals surface area contributed by atoms with E-state index < -0.39 is 23.1 Å². The molecule has 0 bridgehead atoms. The summed E-state index contributed by atoms with van der Waals surface area (Å²) in [6, 6.07) is 1.89. The van der Waals surface area contributed by atoms with Gasteiger partial charge in [-0.1, -0.05) is 0 Å². The van der Waals surface area contributed by atoms with Gasteiger partial charge in [-0.15, -0.1) is 0 Å². The number of rotatable bonds is 3. The van der Waals surface area contributed by atoms with E-state index in [9.17, 15) is 13.6 Å². The zero-order chi connectivity index (χ0) is 13.2. The lowest BCUT2D eigenvalue weighted by atomic mass is 10.1. The van der Waals surface area contributed by atoms with Gasteiger partial charge in [-0.2, -0.15) is 0 Å². The molecule has 1 aromatic rings. The molecular weight excluding hydrogens is 226 g/mol. The first-order valence-corrected chi connectivity index (χ1v) is 5.23. The summed E-state index contributed by atoms with van der Waals surface area (Å²) < 4.78 is 26.4. The normalized spacial score (nSPS) is 11.4. The van der Waals surface area contributed by atoms with Crippen LogP contribution >= 0.6 is 0 Å². The third-order valence-corrected chi connectivity index (χ3v) is 2.20. The Morgan fingerprint density at radius 3 is 2.47 bits per heavy atom. The van der Waals surface area contributed by atoms with Crippen LogP contribution in [0.5, 0.6) is 0 Å². The van der Waals surface area contributed by atoms with E-state index in [-0.39, 0.29) is 17.7 Å². The highest BCUT2D eigenvalue weighted by molar-refractivity contribution is 5.94. The lowest BCUT2D eigenvalue weighted by molar-refractivity contribution is 0.0942. The predicted molar refractivity (Wildman–Crippen MR) is 61.7 cm³/mol. The fraction of sp³-hybridized carbons (Fsp3) is 0.417. The highest BCUT2D eigenvalue weighted by atomic mass is 19.1. The van der Waals surface area contributed by atoms with Crippen LogP contribution in [-0.4, -0.2) is 18.0 Å². The van der Waals surface area contributed by atoms with Crippen molar-refractivity contribution in [2.75, 3.05) is 6.54 Å². The van der Waals surface area contributed by atoms with Gasteiger partial charge in [0.05, 0.1) is 5.56 Å². The van der Waals surface area contributed by atoms with Crippen LogP contribution in [0, 0.1) is 18.6 Å². The maximum absolute atomic E-state index is 13.4. The van der Waals surface area contributed by atoms with Crippen molar-refractivity contribution in [1.82, 2.24) is 5.32 Å². The van der Waals surface area contributed by atoms with Crippen molar-refractivity contribution >= 4 is 5.91 Å². The molecule has 0 saturated carbocycles. The molecule has 0 fully saturated rings. The molecule has 1 aromatic carbocycles. The molecule has 1 amide bonds. The summed E-state index contributed by atoms with van der Waals surface area (Å²) in [7, 11) is 0. The van der Waals surface area contributed by atoms with Gasteiger partial charge >= 0.3 is 0 Å². The van der Waals surface area contributed by atoms with E-state index in [0.29, 0.717) is 6.07 Å². The van der Waals surface area contributed by atoms with Gasteiger partial charge in [0.15, 0.2) is 0 Å². The second-order valence-electron chi connectivity index (χ2n) is 4.75. The Morgan fingerprint density at radius 1 is 1.35 bits per heavy atom. The third-order valence-electron chi connectivity index (χ3n) is 2.20. The summed E-state index contributed by atoms with van der Waals surface area (Å²) in [5.74, 6) is -2.14. The van der Waals surface area contributed by atoms with E-state index in [1.165, 1.54) is 13.0 Å². The number of aryl methyl sites for hydroxylation is 1. The first-order valence-electron chi connectivity index (χ1n) is 5.23. The van der Waals surface area contributed by atoms with Gasteiger partial charge in [0.25, 0.3) is 5.91 Å². The Bertz CT molecular complexity index is 439. The number of carbonyl (C=O) groups is 1. The SMILES string of the molecule is Cc1cc(C(=O)NCC(C)(C)N)c(F)cc1F. The van der Waals surface area contributed by atoms with Crippen molar-refractivity contribution in [3.63, 3.8) is 0 Å². The summed E-state index contributed by atoms with van der Waals surface area (Å²) >= 11 is 0. The molecule has 0 aliphatic heterocycles. The minimum atomic E-state index is -0.875. The van der Waals surface area contributed by atoms with E-state index >= 15 is 0 Å². The highest BCUT2D eigenvalue weighted by Gasteiger charge is 2.17. The van der Waals surface area contributed by atoms with Gasteiger partial charge in [-0.25, -0.2) is 8.78 Å². The molecule has 0 aromatic heterocycles. The number of nitrogens with two attached hydrogens (primary N) is 1. The molecule has 5 heteroatoms. The molecular formula is C12H16F2N2O. The summed E-state index contributed by atoms with van der Waals surface area (Å²) in [6.07, 6.45) is 0. The summed E-state index contributed by atoms with van der Waals surface area (Å²) in [4.78, 5) is 11.6. The third kappa shape index (κ3) is 3.78. The average Bonchev–Trinajstić information content (AvgIpc) is 2.19. The van der Waals surface area contributed by atoms with Crippen LogP contribution in [0.4, 0.5) is 8.78 Å². The fourth-order valence-electron chi connectivity index (χ4n) is 1.23. The standard InChI is InChI=1S/C12H16F2N2O/c1-7-4-8(10(14)5-9(7)13)11(17)16-6-12(2,3)15/h4-5H,6,15H2,1-3H3,(H,16,17). The molecule has 17 heavy (non-hydrogen) atoms. The fourth-order valence-corrected chi connectivity index (χ4v) is 1.23. The highest BCUT2D eigenvalue weighted by Crippen LogP contribution is 2.14. The van der Waals surface area contributed by atoms with Crippen molar-refractivity contribution < 1.29 is 13.6 Å². The van der Waals surface area contributed by atoms with Crippen molar-refractivity contribution in [1.29, 1.82) is 0 Å². The van der Waals surface area contributed by atoms with Gasteiger partial charge in [-0.05, 0) is 32.4 Å². The van der Waals surface area contributed by atoms with Crippen molar-refractivity contribution in [3.05, 3.63) is 34.9 Å². The summed E-state index contributed by atoms with van der Waals surface area (Å²) in [5.41, 5.74) is 5.16. The first-order chi connectivity index (χ1) is 7.70. The van der Waals surface area contributed by atoms with Gasteiger partial charge in [0.1, 0.15) is 11.6 Å². The van der Waals surface area contributed by atoms with E-state index in [1.807, 2.05) is 0 Å². The van der Waals surface area contributed by atoms with Crippen LogP contribution in [0.2, 0.25) is 0 Å². The Morgan fingerprint density at radius 2 is 1.94 bits per heavy atom. The van der Waals surface area contributed by atoms with E-state index in [4.69, 9.17) is 5.73 Å². The van der Waals surface area contributed by atoms with Gasteiger partial charge in [0, 0.05) is 18.2 Å². The molecule has 3 nitrogen and oxygen atoms in total. The molecule has 0 unspecified atom stereocenters. The van der Waals surface area contributed by atoms with Crippen molar-refractivity contribution in [2.45, 2.75) is 26.3 Å². The average molecular weight is 242 g/mol. The number of nitrogens with one attached hydrogen (secondary N) is 1. The van der Waals surface area contributed by atoms with Crippen LogP contribution < -0.4 is 11.1 Å². The molecule has 0 aliphatic carbocycles. The molecule has 0 spiro atoms. The number of carbonyl (C=O) groups excluding carboxylic acids is 1. The number of halogens is 2. The van der Waals surface area contributed by atoms with Crippen LogP contribution in [0.15, 0.2) is 12.1 Å². The zero-order valence-corrected chi connectivity index (χ0v) is 10.1. The number of benzene rings is 1. The van der Waals surface area contributed by atoms with E-state index in [1.54, 1.807) is 13.8 Å². The van der Waals surface area contributed by atoms with Crippen molar-refractivity contribution in [2.24, 2.45) is 5.73 Å². The van der Waals surface area contributed by atoms with Gasteiger partial charge in [0.2, 0.25) is 0 Å². The van der Waals surface area contributed by atoms with Crippen molar-refractivity contribution in [3.8, 4) is 0 Å². The van der Waals surface area contributed by atoms with Crippen LogP contribution in [-0.2, 0) is 0 Å². The smallest absolute Gasteiger partial charge is 0.254 e. The molecule has 0 aliphatic rings. The topological polar surface area (TPSA) is 55.1 Å². The Kier molecular flexibility index (Phi) is 3.83.